The lowest BCUT2D eigenvalue weighted by molar-refractivity contribution is 0.0690. The highest BCUT2D eigenvalue weighted by atomic mass is 79.9. The van der Waals surface area contributed by atoms with E-state index in [1.807, 2.05) is 18.5 Å². The number of aromatic nitrogens is 2. The van der Waals surface area contributed by atoms with Crippen molar-refractivity contribution in [1.82, 2.24) is 9.97 Å². The summed E-state index contributed by atoms with van der Waals surface area (Å²) >= 11 is 5.00. The van der Waals surface area contributed by atoms with E-state index in [0.29, 0.717) is 12.5 Å². The van der Waals surface area contributed by atoms with Crippen molar-refractivity contribution in [2.75, 3.05) is 11.9 Å². The fraction of sp³-hybridized carbons (Fsp3) is 0.182. The second kappa shape index (κ2) is 5.45. The van der Waals surface area contributed by atoms with E-state index in [1.54, 1.807) is 16.2 Å². The average molecular weight is 328 g/mol. The van der Waals surface area contributed by atoms with E-state index >= 15 is 0 Å². The smallest absolute Gasteiger partial charge is 0.354 e. The lowest BCUT2D eigenvalue weighted by atomic mass is 10.3. The highest BCUT2D eigenvalue weighted by molar-refractivity contribution is 9.11. The van der Waals surface area contributed by atoms with E-state index in [1.165, 1.54) is 12.3 Å². The number of thiophene rings is 1. The summed E-state index contributed by atoms with van der Waals surface area (Å²) in [6.45, 7) is 0.630. The molecule has 2 heterocycles. The number of anilines is 1. The van der Waals surface area contributed by atoms with Crippen LogP contribution in [0.1, 0.15) is 16.1 Å². The Kier molecular flexibility index (Phi) is 3.93. The Hall–Kier alpha value is -1.47. The summed E-state index contributed by atoms with van der Waals surface area (Å²) in [7, 11) is 1.83. The van der Waals surface area contributed by atoms with Gasteiger partial charge in [0.2, 0.25) is 5.95 Å². The van der Waals surface area contributed by atoms with Crippen LogP contribution in [0.15, 0.2) is 27.5 Å². The van der Waals surface area contributed by atoms with Crippen molar-refractivity contribution >= 4 is 39.2 Å². The first kappa shape index (κ1) is 13.0. The van der Waals surface area contributed by atoms with E-state index in [2.05, 4.69) is 25.9 Å². The standard InChI is InChI=1S/C11H10BrN3O2S/c1-15(5-7-4-9(12)18-6-7)11-13-3-2-8(14-11)10(16)17/h2-4,6H,5H2,1H3,(H,16,17). The Morgan fingerprint density at radius 2 is 2.39 bits per heavy atom. The molecular weight excluding hydrogens is 318 g/mol. The SMILES string of the molecule is CN(Cc1csc(Br)c1)c1nccc(C(=O)O)n1. The van der Waals surface area contributed by atoms with Gasteiger partial charge in [0.05, 0.1) is 3.79 Å². The second-order valence-electron chi connectivity index (χ2n) is 3.66. The topological polar surface area (TPSA) is 66.3 Å². The molecule has 7 heteroatoms. The minimum Gasteiger partial charge on any atom is -0.477 e. The molecule has 0 aliphatic rings. The van der Waals surface area contributed by atoms with Gasteiger partial charge in [0, 0.05) is 19.8 Å². The Morgan fingerprint density at radius 3 is 3.00 bits per heavy atom. The van der Waals surface area contributed by atoms with Crippen LogP contribution in [-0.4, -0.2) is 28.1 Å². The van der Waals surface area contributed by atoms with E-state index in [4.69, 9.17) is 5.11 Å². The molecule has 1 N–H and O–H groups in total. The molecule has 2 aromatic heterocycles. The fourth-order valence-corrected chi connectivity index (χ4v) is 2.63. The summed E-state index contributed by atoms with van der Waals surface area (Å²) in [4.78, 5) is 20.7. The summed E-state index contributed by atoms with van der Waals surface area (Å²) in [6, 6.07) is 3.39. The van der Waals surface area contributed by atoms with Crippen molar-refractivity contribution in [3.05, 3.63) is 38.8 Å². The number of rotatable bonds is 4. The van der Waals surface area contributed by atoms with Crippen LogP contribution in [-0.2, 0) is 6.54 Å². The molecule has 5 nitrogen and oxygen atoms in total. The molecule has 0 aliphatic carbocycles. The van der Waals surface area contributed by atoms with Crippen molar-refractivity contribution < 1.29 is 9.90 Å². The molecular formula is C11H10BrN3O2S. The van der Waals surface area contributed by atoms with E-state index < -0.39 is 5.97 Å². The maximum Gasteiger partial charge on any atom is 0.354 e. The van der Waals surface area contributed by atoms with Crippen molar-refractivity contribution in [3.63, 3.8) is 0 Å². The Labute approximate surface area is 116 Å². The van der Waals surface area contributed by atoms with Crippen molar-refractivity contribution in [2.45, 2.75) is 6.54 Å². The molecule has 0 atom stereocenters. The molecule has 94 valence electrons. The summed E-state index contributed by atoms with van der Waals surface area (Å²) < 4.78 is 1.06. The van der Waals surface area contributed by atoms with Crippen LogP contribution in [0.25, 0.3) is 0 Å². The third-order valence-electron chi connectivity index (χ3n) is 2.24. The van der Waals surface area contributed by atoms with Crippen LogP contribution in [0.5, 0.6) is 0 Å². The molecule has 2 rings (SSSR count). The first-order valence-corrected chi connectivity index (χ1v) is 6.74. The van der Waals surface area contributed by atoms with Crippen molar-refractivity contribution in [1.29, 1.82) is 0 Å². The predicted molar refractivity (Wildman–Crippen MR) is 73.1 cm³/mol. The van der Waals surface area contributed by atoms with E-state index in [0.717, 1.165) is 9.35 Å². The largest absolute Gasteiger partial charge is 0.477 e. The van der Waals surface area contributed by atoms with Gasteiger partial charge in [0.15, 0.2) is 5.69 Å². The number of halogens is 1. The van der Waals surface area contributed by atoms with E-state index in [9.17, 15) is 4.79 Å². The number of carboxylic acid groups (broad SMARTS) is 1. The van der Waals surface area contributed by atoms with Crippen LogP contribution in [0.2, 0.25) is 0 Å². The number of carboxylic acids is 1. The molecule has 0 spiro atoms. The zero-order chi connectivity index (χ0) is 13.1. The lowest BCUT2D eigenvalue weighted by Gasteiger charge is -2.16. The van der Waals surface area contributed by atoms with Gasteiger partial charge in [-0.1, -0.05) is 0 Å². The van der Waals surface area contributed by atoms with Gasteiger partial charge in [-0.05, 0) is 39.0 Å². The highest BCUT2D eigenvalue weighted by Gasteiger charge is 2.10. The van der Waals surface area contributed by atoms with Gasteiger partial charge < -0.3 is 10.0 Å². The van der Waals surface area contributed by atoms with Crippen LogP contribution in [0, 0.1) is 0 Å². The number of carbonyl (C=O) groups is 1. The third kappa shape index (κ3) is 3.05. The molecule has 0 saturated carbocycles. The number of nitrogens with zero attached hydrogens (tertiary/aromatic N) is 3. The lowest BCUT2D eigenvalue weighted by Crippen LogP contribution is -2.19. The van der Waals surface area contributed by atoms with Crippen LogP contribution < -0.4 is 4.90 Å². The molecule has 0 fully saturated rings. The Morgan fingerprint density at radius 1 is 1.61 bits per heavy atom. The molecule has 18 heavy (non-hydrogen) atoms. The average Bonchev–Trinajstić information content (AvgIpc) is 2.75. The molecule has 0 aromatic carbocycles. The van der Waals surface area contributed by atoms with E-state index in [-0.39, 0.29) is 5.69 Å². The first-order valence-electron chi connectivity index (χ1n) is 5.06. The Balaban J connectivity index is 2.15. The fourth-order valence-electron chi connectivity index (χ4n) is 1.42. The normalized spacial score (nSPS) is 10.3. The van der Waals surface area contributed by atoms with Crippen LogP contribution in [0.4, 0.5) is 5.95 Å². The zero-order valence-electron chi connectivity index (χ0n) is 9.50. The zero-order valence-corrected chi connectivity index (χ0v) is 11.9. The van der Waals surface area contributed by atoms with Crippen molar-refractivity contribution in [3.8, 4) is 0 Å². The molecule has 0 bridgehead atoms. The maximum absolute atomic E-state index is 10.8. The molecule has 0 unspecified atom stereocenters. The highest BCUT2D eigenvalue weighted by Crippen LogP contribution is 2.22. The van der Waals surface area contributed by atoms with Gasteiger partial charge in [-0.25, -0.2) is 14.8 Å². The molecule has 2 aromatic rings. The van der Waals surface area contributed by atoms with Crippen molar-refractivity contribution in [2.24, 2.45) is 0 Å². The van der Waals surface area contributed by atoms with Gasteiger partial charge in [-0.3, -0.25) is 0 Å². The summed E-state index contributed by atoms with van der Waals surface area (Å²) in [5.74, 6) is -0.650. The third-order valence-corrected chi connectivity index (χ3v) is 3.80. The van der Waals surface area contributed by atoms with Gasteiger partial charge in [0.25, 0.3) is 0 Å². The summed E-state index contributed by atoms with van der Waals surface area (Å²) in [5, 5.41) is 10.9. The number of aromatic carboxylic acids is 1. The first-order chi connectivity index (χ1) is 8.56. The summed E-state index contributed by atoms with van der Waals surface area (Å²) in [5.41, 5.74) is 1.12. The van der Waals surface area contributed by atoms with Crippen LogP contribution >= 0.6 is 27.3 Å². The Bertz CT molecular complexity index is 573. The quantitative estimate of drug-likeness (QED) is 0.935. The predicted octanol–water partition coefficient (Wildman–Crippen LogP) is 2.64. The second-order valence-corrected chi connectivity index (χ2v) is 5.95. The minimum absolute atomic E-state index is 0.00153. The monoisotopic (exact) mass is 327 g/mol. The molecule has 0 aliphatic heterocycles. The summed E-state index contributed by atoms with van der Waals surface area (Å²) in [6.07, 6.45) is 1.45. The van der Waals surface area contributed by atoms with Gasteiger partial charge in [-0.15, -0.1) is 11.3 Å². The molecule has 0 radical (unpaired) electrons. The van der Waals surface area contributed by atoms with Gasteiger partial charge >= 0.3 is 5.97 Å². The van der Waals surface area contributed by atoms with Crippen LogP contribution in [0.3, 0.4) is 0 Å². The minimum atomic E-state index is -1.05. The molecule has 0 amide bonds. The number of hydrogen-bond acceptors (Lipinski definition) is 5. The van der Waals surface area contributed by atoms with Gasteiger partial charge in [-0.2, -0.15) is 0 Å². The van der Waals surface area contributed by atoms with Gasteiger partial charge in [0.1, 0.15) is 0 Å². The maximum atomic E-state index is 10.8. The molecule has 0 saturated heterocycles. The number of hydrogen-bond donors (Lipinski definition) is 1.